The zero-order valence-electron chi connectivity index (χ0n) is 12.1. The van der Waals surface area contributed by atoms with Gasteiger partial charge in [-0.05, 0) is 24.1 Å². The second-order valence-electron chi connectivity index (χ2n) is 5.45. The molecule has 1 heterocycles. The van der Waals surface area contributed by atoms with Crippen LogP contribution >= 0.6 is 0 Å². The number of hydrogen-bond donors (Lipinski definition) is 1. The average Bonchev–Trinajstić information content (AvgIpc) is 2.74. The van der Waals surface area contributed by atoms with Crippen molar-refractivity contribution in [3.05, 3.63) is 24.1 Å². The fourth-order valence-electron chi connectivity index (χ4n) is 2.20. The van der Waals surface area contributed by atoms with Gasteiger partial charge in [-0.2, -0.15) is 0 Å². The molecule has 1 aromatic heterocycles. The monoisotopic (exact) mass is 262 g/mol. The lowest BCUT2D eigenvalue weighted by atomic mass is 9.96. The summed E-state index contributed by atoms with van der Waals surface area (Å²) in [6.45, 7) is 7.17. The normalized spacial score (nSPS) is 13.2. The van der Waals surface area contributed by atoms with Gasteiger partial charge in [0.15, 0.2) is 11.5 Å². The summed E-state index contributed by atoms with van der Waals surface area (Å²) in [5.41, 5.74) is 2.80. The Labute approximate surface area is 114 Å². The molecule has 4 nitrogen and oxygen atoms in total. The molecule has 0 amide bonds. The SMILES string of the molecule is Cc1nc2cc(N(C)CC(CO)C(C)C)ccc2o1. The van der Waals surface area contributed by atoms with Crippen molar-refractivity contribution >= 4 is 16.8 Å². The van der Waals surface area contributed by atoms with Crippen LogP contribution in [0.15, 0.2) is 22.6 Å². The van der Waals surface area contributed by atoms with E-state index in [2.05, 4.69) is 23.7 Å². The molecule has 0 saturated carbocycles. The Balaban J connectivity index is 2.18. The molecule has 104 valence electrons. The number of rotatable bonds is 5. The van der Waals surface area contributed by atoms with Crippen LogP contribution in [0.3, 0.4) is 0 Å². The molecule has 1 aromatic carbocycles. The number of nitrogens with zero attached hydrogens (tertiary/aromatic N) is 2. The van der Waals surface area contributed by atoms with Crippen LogP contribution in [-0.2, 0) is 0 Å². The van der Waals surface area contributed by atoms with Crippen molar-refractivity contribution in [3.63, 3.8) is 0 Å². The highest BCUT2D eigenvalue weighted by molar-refractivity contribution is 5.77. The maximum absolute atomic E-state index is 9.41. The standard InChI is InChI=1S/C15H22N2O2/c1-10(2)12(9-18)8-17(4)13-5-6-15-14(7-13)16-11(3)19-15/h5-7,10,12,18H,8-9H2,1-4H3. The lowest BCUT2D eigenvalue weighted by molar-refractivity contribution is 0.193. The van der Waals surface area contributed by atoms with Gasteiger partial charge in [-0.15, -0.1) is 0 Å². The summed E-state index contributed by atoms with van der Waals surface area (Å²) in [5.74, 6) is 1.43. The van der Waals surface area contributed by atoms with Crippen molar-refractivity contribution in [2.45, 2.75) is 20.8 Å². The van der Waals surface area contributed by atoms with Crippen LogP contribution in [0.5, 0.6) is 0 Å². The van der Waals surface area contributed by atoms with Gasteiger partial charge in [-0.3, -0.25) is 0 Å². The first-order chi connectivity index (χ1) is 9.01. The molecule has 1 N–H and O–H groups in total. The molecule has 1 unspecified atom stereocenters. The fourth-order valence-corrected chi connectivity index (χ4v) is 2.20. The minimum Gasteiger partial charge on any atom is -0.441 e. The molecule has 2 rings (SSSR count). The molecule has 0 saturated heterocycles. The van der Waals surface area contributed by atoms with E-state index >= 15 is 0 Å². The third kappa shape index (κ3) is 3.07. The summed E-state index contributed by atoms with van der Waals surface area (Å²) in [6.07, 6.45) is 0. The minimum atomic E-state index is 0.216. The summed E-state index contributed by atoms with van der Waals surface area (Å²) < 4.78 is 5.47. The Kier molecular flexibility index (Phi) is 4.10. The zero-order valence-corrected chi connectivity index (χ0v) is 12.1. The van der Waals surface area contributed by atoms with E-state index < -0.39 is 0 Å². The van der Waals surface area contributed by atoms with Crippen LogP contribution in [0.2, 0.25) is 0 Å². The van der Waals surface area contributed by atoms with Gasteiger partial charge in [-0.25, -0.2) is 4.98 Å². The van der Waals surface area contributed by atoms with E-state index in [1.807, 2.05) is 32.2 Å². The van der Waals surface area contributed by atoms with Crippen LogP contribution in [-0.4, -0.2) is 30.3 Å². The molecule has 0 aliphatic carbocycles. The van der Waals surface area contributed by atoms with Gasteiger partial charge in [0.25, 0.3) is 0 Å². The third-order valence-electron chi connectivity index (χ3n) is 3.60. The van der Waals surface area contributed by atoms with Gasteiger partial charge in [0.05, 0.1) is 0 Å². The molecule has 0 aliphatic rings. The topological polar surface area (TPSA) is 49.5 Å². The highest BCUT2D eigenvalue weighted by Gasteiger charge is 2.15. The fraction of sp³-hybridized carbons (Fsp3) is 0.533. The molecule has 1 atom stereocenters. The first-order valence-electron chi connectivity index (χ1n) is 6.70. The summed E-state index contributed by atoms with van der Waals surface area (Å²) in [5, 5.41) is 9.41. The van der Waals surface area contributed by atoms with E-state index in [9.17, 15) is 5.11 Å². The van der Waals surface area contributed by atoms with Crippen molar-refractivity contribution < 1.29 is 9.52 Å². The molecule has 0 radical (unpaired) electrons. The molecular weight excluding hydrogens is 240 g/mol. The van der Waals surface area contributed by atoms with E-state index in [4.69, 9.17) is 4.42 Å². The highest BCUT2D eigenvalue weighted by Crippen LogP contribution is 2.23. The van der Waals surface area contributed by atoms with Crippen molar-refractivity contribution in [2.24, 2.45) is 11.8 Å². The second kappa shape index (κ2) is 5.61. The van der Waals surface area contributed by atoms with Crippen LogP contribution in [0.4, 0.5) is 5.69 Å². The lowest BCUT2D eigenvalue weighted by Crippen LogP contribution is -2.30. The summed E-state index contributed by atoms with van der Waals surface area (Å²) in [7, 11) is 2.04. The molecule has 19 heavy (non-hydrogen) atoms. The van der Waals surface area contributed by atoms with Gasteiger partial charge in [0.1, 0.15) is 5.52 Å². The number of aliphatic hydroxyl groups excluding tert-OH is 1. The molecule has 0 aliphatic heterocycles. The number of aromatic nitrogens is 1. The Hall–Kier alpha value is -1.55. The number of aryl methyl sites for hydroxylation is 1. The zero-order chi connectivity index (χ0) is 14.0. The van der Waals surface area contributed by atoms with Gasteiger partial charge >= 0.3 is 0 Å². The molecule has 0 bridgehead atoms. The molecule has 4 heteroatoms. The Morgan fingerprint density at radius 2 is 2.11 bits per heavy atom. The second-order valence-corrected chi connectivity index (χ2v) is 5.45. The number of aliphatic hydroxyl groups is 1. The van der Waals surface area contributed by atoms with Crippen LogP contribution in [0.1, 0.15) is 19.7 Å². The summed E-state index contributed by atoms with van der Waals surface area (Å²) >= 11 is 0. The van der Waals surface area contributed by atoms with E-state index in [1.165, 1.54) is 0 Å². The predicted molar refractivity (Wildman–Crippen MR) is 77.4 cm³/mol. The minimum absolute atomic E-state index is 0.216. The number of fused-ring (bicyclic) bond motifs is 1. The van der Waals surface area contributed by atoms with E-state index in [1.54, 1.807) is 0 Å². The maximum Gasteiger partial charge on any atom is 0.192 e. The van der Waals surface area contributed by atoms with Crippen LogP contribution in [0.25, 0.3) is 11.1 Å². The van der Waals surface area contributed by atoms with Crippen molar-refractivity contribution in [2.75, 3.05) is 25.1 Å². The smallest absolute Gasteiger partial charge is 0.192 e. The predicted octanol–water partition coefficient (Wildman–Crippen LogP) is 2.84. The van der Waals surface area contributed by atoms with Gasteiger partial charge in [0, 0.05) is 38.7 Å². The molecule has 2 aromatic rings. The van der Waals surface area contributed by atoms with Gasteiger partial charge in [0.2, 0.25) is 0 Å². The van der Waals surface area contributed by atoms with Crippen LogP contribution < -0.4 is 4.90 Å². The Bertz CT molecular complexity index is 548. The number of oxazole rings is 1. The van der Waals surface area contributed by atoms with Crippen molar-refractivity contribution in [3.8, 4) is 0 Å². The lowest BCUT2D eigenvalue weighted by Gasteiger charge is -2.26. The average molecular weight is 262 g/mol. The highest BCUT2D eigenvalue weighted by atomic mass is 16.3. The molecular formula is C15H22N2O2. The maximum atomic E-state index is 9.41. The van der Waals surface area contributed by atoms with E-state index in [-0.39, 0.29) is 12.5 Å². The Morgan fingerprint density at radius 3 is 2.74 bits per heavy atom. The van der Waals surface area contributed by atoms with Gasteiger partial charge in [-0.1, -0.05) is 13.8 Å². The number of benzene rings is 1. The summed E-state index contributed by atoms with van der Waals surface area (Å²) in [4.78, 5) is 6.50. The first-order valence-corrected chi connectivity index (χ1v) is 6.70. The summed E-state index contributed by atoms with van der Waals surface area (Å²) in [6, 6.07) is 6.01. The van der Waals surface area contributed by atoms with E-state index in [0.717, 1.165) is 23.3 Å². The third-order valence-corrected chi connectivity index (χ3v) is 3.60. The molecule has 0 fully saturated rings. The quantitative estimate of drug-likeness (QED) is 0.900. The number of anilines is 1. The number of hydrogen-bond acceptors (Lipinski definition) is 4. The Morgan fingerprint density at radius 1 is 1.37 bits per heavy atom. The van der Waals surface area contributed by atoms with Crippen molar-refractivity contribution in [1.29, 1.82) is 0 Å². The molecule has 0 spiro atoms. The van der Waals surface area contributed by atoms with Crippen LogP contribution in [0, 0.1) is 18.8 Å². The largest absolute Gasteiger partial charge is 0.441 e. The van der Waals surface area contributed by atoms with Crippen molar-refractivity contribution in [1.82, 2.24) is 4.98 Å². The first kappa shape index (κ1) is 13.9. The van der Waals surface area contributed by atoms with E-state index in [0.29, 0.717) is 11.8 Å². The van der Waals surface area contributed by atoms with Gasteiger partial charge < -0.3 is 14.4 Å².